The van der Waals surface area contributed by atoms with Crippen LogP contribution in [0.25, 0.3) is 0 Å². The predicted molar refractivity (Wildman–Crippen MR) is 73.4 cm³/mol. The summed E-state index contributed by atoms with van der Waals surface area (Å²) in [7, 11) is -3.29. The van der Waals surface area contributed by atoms with E-state index in [0.717, 1.165) is 6.42 Å². The van der Waals surface area contributed by atoms with Crippen molar-refractivity contribution in [2.24, 2.45) is 11.3 Å². The molecule has 0 aromatic heterocycles. The van der Waals surface area contributed by atoms with Crippen LogP contribution in [0.15, 0.2) is 24.3 Å². The highest BCUT2D eigenvalue weighted by atomic mass is 32.2. The van der Waals surface area contributed by atoms with Crippen molar-refractivity contribution in [1.29, 1.82) is 0 Å². The monoisotopic (exact) mass is 268 g/mol. The Kier molecular flexibility index (Phi) is 3.38. The zero-order valence-corrected chi connectivity index (χ0v) is 11.6. The number of nitrogens with one attached hydrogen (secondary N) is 1. The van der Waals surface area contributed by atoms with Crippen molar-refractivity contribution in [3.63, 3.8) is 0 Å². The number of rotatable bonds is 5. The molecule has 1 saturated carbocycles. The molecule has 4 nitrogen and oxygen atoms in total. The highest BCUT2D eigenvalue weighted by molar-refractivity contribution is 7.88. The Bertz CT molecular complexity index is 538. The van der Waals surface area contributed by atoms with E-state index >= 15 is 0 Å². The van der Waals surface area contributed by atoms with Crippen LogP contribution < -0.4 is 10.5 Å². The van der Waals surface area contributed by atoms with Gasteiger partial charge in [0.05, 0.1) is 5.75 Å². The standard InChI is InChI=1S/C13H20N2O2S/c1-13(2)7-11(13)8-15-18(16,17)9-10-5-3-4-6-12(10)14/h3-6,11,15H,7-9,14H2,1-2H3. The number of benzene rings is 1. The lowest BCUT2D eigenvalue weighted by Crippen LogP contribution is -2.28. The van der Waals surface area contributed by atoms with Gasteiger partial charge in [-0.05, 0) is 29.4 Å². The Morgan fingerprint density at radius 3 is 2.56 bits per heavy atom. The number of nitrogens with two attached hydrogens (primary N) is 1. The van der Waals surface area contributed by atoms with Crippen LogP contribution in [0.3, 0.4) is 0 Å². The number of para-hydroxylation sites is 1. The van der Waals surface area contributed by atoms with Gasteiger partial charge in [0.2, 0.25) is 10.0 Å². The van der Waals surface area contributed by atoms with Gasteiger partial charge < -0.3 is 5.73 Å². The second-order valence-corrected chi connectivity index (χ2v) is 7.50. The van der Waals surface area contributed by atoms with Gasteiger partial charge in [-0.3, -0.25) is 0 Å². The molecule has 0 saturated heterocycles. The minimum Gasteiger partial charge on any atom is -0.398 e. The van der Waals surface area contributed by atoms with Gasteiger partial charge in [0.1, 0.15) is 0 Å². The molecule has 1 aliphatic rings. The molecule has 0 spiro atoms. The first-order valence-corrected chi connectivity index (χ1v) is 7.76. The van der Waals surface area contributed by atoms with E-state index in [1.807, 2.05) is 0 Å². The predicted octanol–water partition coefficient (Wildman–Crippen LogP) is 1.73. The lowest BCUT2D eigenvalue weighted by Gasteiger charge is -2.09. The second kappa shape index (κ2) is 4.55. The van der Waals surface area contributed by atoms with E-state index in [1.165, 1.54) is 0 Å². The molecular formula is C13H20N2O2S. The summed E-state index contributed by atoms with van der Waals surface area (Å²) in [6.07, 6.45) is 1.09. The summed E-state index contributed by atoms with van der Waals surface area (Å²) in [5.41, 5.74) is 7.21. The first-order chi connectivity index (χ1) is 8.30. The molecule has 0 radical (unpaired) electrons. The van der Waals surface area contributed by atoms with Crippen molar-refractivity contribution in [3.8, 4) is 0 Å². The van der Waals surface area contributed by atoms with Crippen molar-refractivity contribution in [1.82, 2.24) is 4.72 Å². The number of hydrogen-bond donors (Lipinski definition) is 2. The van der Waals surface area contributed by atoms with Gasteiger partial charge in [-0.2, -0.15) is 0 Å². The fraction of sp³-hybridized carbons (Fsp3) is 0.538. The normalized spacial score (nSPS) is 21.8. The fourth-order valence-corrected chi connectivity index (χ4v) is 3.30. The SMILES string of the molecule is CC1(C)CC1CNS(=O)(=O)Cc1ccccc1N. The molecule has 1 aromatic rings. The van der Waals surface area contributed by atoms with Crippen LogP contribution >= 0.6 is 0 Å². The Morgan fingerprint density at radius 2 is 2.00 bits per heavy atom. The first-order valence-electron chi connectivity index (χ1n) is 6.11. The van der Waals surface area contributed by atoms with E-state index in [1.54, 1.807) is 24.3 Å². The summed E-state index contributed by atoms with van der Waals surface area (Å²) in [4.78, 5) is 0. The summed E-state index contributed by atoms with van der Waals surface area (Å²) in [6, 6.07) is 7.06. The quantitative estimate of drug-likeness (QED) is 0.799. The number of anilines is 1. The van der Waals surface area contributed by atoms with Crippen LogP contribution in [0.2, 0.25) is 0 Å². The third kappa shape index (κ3) is 3.23. The molecule has 1 aliphatic carbocycles. The Balaban J connectivity index is 1.94. The van der Waals surface area contributed by atoms with E-state index < -0.39 is 10.0 Å². The smallest absolute Gasteiger partial charge is 0.215 e. The molecule has 1 atom stereocenters. The van der Waals surface area contributed by atoms with Crippen LogP contribution in [-0.4, -0.2) is 15.0 Å². The Morgan fingerprint density at radius 1 is 1.39 bits per heavy atom. The van der Waals surface area contributed by atoms with E-state index in [9.17, 15) is 8.42 Å². The minimum atomic E-state index is -3.29. The van der Waals surface area contributed by atoms with Crippen LogP contribution in [0.1, 0.15) is 25.8 Å². The molecule has 2 rings (SSSR count). The Hall–Kier alpha value is -1.07. The van der Waals surface area contributed by atoms with E-state index in [0.29, 0.717) is 23.7 Å². The molecule has 0 bridgehead atoms. The maximum Gasteiger partial charge on any atom is 0.215 e. The van der Waals surface area contributed by atoms with Crippen molar-refractivity contribution >= 4 is 15.7 Å². The van der Waals surface area contributed by atoms with Gasteiger partial charge in [0.25, 0.3) is 0 Å². The summed E-state index contributed by atoms with van der Waals surface area (Å²) in [5.74, 6) is 0.410. The molecule has 100 valence electrons. The van der Waals surface area contributed by atoms with Crippen LogP contribution in [0.5, 0.6) is 0 Å². The molecule has 1 fully saturated rings. The topological polar surface area (TPSA) is 72.2 Å². The van der Waals surface area contributed by atoms with Crippen LogP contribution in [0, 0.1) is 11.3 Å². The van der Waals surface area contributed by atoms with Crippen molar-refractivity contribution in [2.45, 2.75) is 26.0 Å². The third-order valence-corrected chi connectivity index (χ3v) is 4.97. The summed E-state index contributed by atoms with van der Waals surface area (Å²) in [5, 5.41) is 0. The number of sulfonamides is 1. The zero-order valence-electron chi connectivity index (χ0n) is 10.8. The van der Waals surface area contributed by atoms with Crippen molar-refractivity contribution in [2.75, 3.05) is 12.3 Å². The summed E-state index contributed by atoms with van der Waals surface area (Å²) < 4.78 is 26.5. The van der Waals surface area contributed by atoms with Crippen LogP contribution in [0.4, 0.5) is 5.69 Å². The second-order valence-electron chi connectivity index (χ2n) is 5.70. The lowest BCUT2D eigenvalue weighted by molar-refractivity contribution is 0.537. The van der Waals surface area contributed by atoms with Gasteiger partial charge in [0.15, 0.2) is 0 Å². The van der Waals surface area contributed by atoms with Crippen molar-refractivity contribution in [3.05, 3.63) is 29.8 Å². The largest absolute Gasteiger partial charge is 0.398 e. The van der Waals surface area contributed by atoms with Gasteiger partial charge in [0, 0.05) is 12.2 Å². The molecule has 18 heavy (non-hydrogen) atoms. The highest BCUT2D eigenvalue weighted by Gasteiger charge is 2.45. The highest BCUT2D eigenvalue weighted by Crippen LogP contribution is 2.51. The maximum atomic E-state index is 11.9. The number of nitrogen functional groups attached to an aromatic ring is 1. The molecule has 0 heterocycles. The summed E-state index contributed by atoms with van der Waals surface area (Å²) >= 11 is 0. The van der Waals surface area contributed by atoms with E-state index in [2.05, 4.69) is 18.6 Å². The first kappa shape index (κ1) is 13.4. The average molecular weight is 268 g/mol. The molecule has 0 amide bonds. The maximum absolute atomic E-state index is 11.9. The van der Waals surface area contributed by atoms with Crippen molar-refractivity contribution < 1.29 is 8.42 Å². The third-order valence-electron chi connectivity index (χ3n) is 3.67. The molecule has 3 N–H and O–H groups in total. The van der Waals surface area contributed by atoms with E-state index in [4.69, 9.17) is 5.73 Å². The van der Waals surface area contributed by atoms with Gasteiger partial charge in [-0.25, -0.2) is 13.1 Å². The average Bonchev–Trinajstić information content (AvgIpc) is 2.87. The Labute approximate surface area is 109 Å². The van der Waals surface area contributed by atoms with Gasteiger partial charge >= 0.3 is 0 Å². The van der Waals surface area contributed by atoms with Gasteiger partial charge in [-0.15, -0.1) is 0 Å². The fourth-order valence-electron chi connectivity index (χ4n) is 2.07. The zero-order chi connectivity index (χ0) is 13.4. The number of hydrogen-bond acceptors (Lipinski definition) is 3. The van der Waals surface area contributed by atoms with Crippen LogP contribution in [-0.2, 0) is 15.8 Å². The van der Waals surface area contributed by atoms with E-state index in [-0.39, 0.29) is 11.2 Å². The van der Waals surface area contributed by atoms with Gasteiger partial charge in [-0.1, -0.05) is 32.0 Å². The molecule has 0 aliphatic heterocycles. The molecule has 1 unspecified atom stereocenters. The molecular weight excluding hydrogens is 248 g/mol. The minimum absolute atomic E-state index is 0.0488. The molecule has 5 heteroatoms. The molecule has 1 aromatic carbocycles. The lowest BCUT2D eigenvalue weighted by atomic mass is 10.1. The summed E-state index contributed by atoms with van der Waals surface area (Å²) in [6.45, 7) is 4.84.